The molecule has 4 heterocycles. The lowest BCUT2D eigenvalue weighted by molar-refractivity contribution is -0.119. The fourth-order valence-corrected chi connectivity index (χ4v) is 3.73. The first-order chi connectivity index (χ1) is 16.2. The van der Waals surface area contributed by atoms with Crippen LogP contribution < -0.4 is 14.8 Å². The molecule has 11 heteroatoms. The number of aromatic nitrogens is 4. The molecule has 2 amide bonds. The van der Waals surface area contributed by atoms with Gasteiger partial charge in [0.2, 0.25) is 17.7 Å². The molecule has 0 unspecified atom stereocenters. The van der Waals surface area contributed by atoms with E-state index < -0.39 is 11.7 Å². The predicted molar refractivity (Wildman–Crippen MR) is 124 cm³/mol. The summed E-state index contributed by atoms with van der Waals surface area (Å²) in [6, 6.07) is 5.45. The third-order valence-corrected chi connectivity index (χ3v) is 5.36. The Hall–Kier alpha value is -3.89. The molecule has 0 radical (unpaired) electrons. The van der Waals surface area contributed by atoms with Gasteiger partial charge in [0.25, 0.3) is 0 Å². The van der Waals surface area contributed by atoms with Crippen molar-refractivity contribution >= 4 is 23.5 Å². The summed E-state index contributed by atoms with van der Waals surface area (Å²) in [5, 5.41) is 10.8. The molecule has 11 nitrogen and oxygen atoms in total. The van der Waals surface area contributed by atoms with E-state index in [4.69, 9.17) is 14.2 Å². The van der Waals surface area contributed by atoms with Gasteiger partial charge in [0.1, 0.15) is 11.2 Å². The molecule has 3 aromatic rings. The van der Waals surface area contributed by atoms with E-state index in [0.29, 0.717) is 48.3 Å². The molecule has 0 saturated carbocycles. The molecular weight excluding hydrogens is 440 g/mol. The quantitative estimate of drug-likeness (QED) is 0.607. The van der Waals surface area contributed by atoms with Crippen LogP contribution in [0.1, 0.15) is 27.2 Å². The smallest absolute Gasteiger partial charge is 0.410 e. The zero-order valence-electron chi connectivity index (χ0n) is 19.9. The average molecular weight is 469 g/mol. The van der Waals surface area contributed by atoms with Crippen LogP contribution in [0.3, 0.4) is 0 Å². The van der Waals surface area contributed by atoms with Crippen LogP contribution in [0.4, 0.5) is 10.6 Å². The number of carbonyl (C=O) groups excluding carboxylic acids is 2. The van der Waals surface area contributed by atoms with Gasteiger partial charge in [-0.3, -0.25) is 4.79 Å². The monoisotopic (exact) mass is 468 g/mol. The van der Waals surface area contributed by atoms with E-state index in [0.717, 1.165) is 5.56 Å². The van der Waals surface area contributed by atoms with Crippen molar-refractivity contribution in [1.82, 2.24) is 24.5 Å². The molecule has 1 aliphatic heterocycles. The highest BCUT2D eigenvalue weighted by atomic mass is 16.6. The number of hydrogen-bond donors (Lipinski definition) is 1. The van der Waals surface area contributed by atoms with E-state index in [1.807, 2.05) is 39.1 Å². The molecule has 1 aliphatic rings. The molecule has 1 saturated heterocycles. The largest absolute Gasteiger partial charge is 0.480 e. The Morgan fingerprint density at radius 3 is 2.62 bits per heavy atom. The summed E-state index contributed by atoms with van der Waals surface area (Å²) in [4.78, 5) is 31.1. The van der Waals surface area contributed by atoms with Gasteiger partial charge in [0.15, 0.2) is 5.82 Å². The summed E-state index contributed by atoms with van der Waals surface area (Å²) >= 11 is 0. The molecule has 1 N–H and O–H groups in total. The number of rotatable bonds is 5. The van der Waals surface area contributed by atoms with E-state index in [1.54, 1.807) is 21.6 Å². The van der Waals surface area contributed by atoms with Crippen LogP contribution in [0.2, 0.25) is 0 Å². The van der Waals surface area contributed by atoms with Gasteiger partial charge in [-0.15, -0.1) is 10.2 Å². The van der Waals surface area contributed by atoms with E-state index in [1.165, 1.54) is 14.2 Å². The van der Waals surface area contributed by atoms with E-state index in [-0.39, 0.29) is 11.8 Å². The van der Waals surface area contributed by atoms with Crippen molar-refractivity contribution in [3.63, 3.8) is 0 Å². The normalized spacial score (nSPS) is 15.9. The molecular formula is C23H28N6O5. The second-order valence-electron chi connectivity index (χ2n) is 9.02. The number of hydrogen-bond acceptors (Lipinski definition) is 8. The first kappa shape index (κ1) is 23.3. The molecule has 0 bridgehead atoms. The van der Waals surface area contributed by atoms with Crippen LogP contribution >= 0.6 is 0 Å². The van der Waals surface area contributed by atoms with Gasteiger partial charge in [0.05, 0.1) is 31.9 Å². The Morgan fingerprint density at radius 1 is 1.12 bits per heavy atom. The third-order valence-electron chi connectivity index (χ3n) is 5.36. The zero-order chi connectivity index (χ0) is 24.5. The number of fused-ring (bicyclic) bond motifs is 1. The summed E-state index contributed by atoms with van der Waals surface area (Å²) in [6.45, 7) is 6.25. The second-order valence-corrected chi connectivity index (χ2v) is 9.02. The number of amides is 2. The number of imidazole rings is 1. The number of pyridine rings is 1. The van der Waals surface area contributed by atoms with Crippen molar-refractivity contribution in [3.8, 4) is 22.9 Å². The SMILES string of the molecule is COc1cc(-c2ccc3nc(NC(=O)[C@H]4CCN(C(=O)OC(C)(C)C)C4)cn3c2)c(OC)nn1. The van der Waals surface area contributed by atoms with E-state index in [2.05, 4.69) is 20.5 Å². The lowest BCUT2D eigenvalue weighted by Crippen LogP contribution is -2.36. The summed E-state index contributed by atoms with van der Waals surface area (Å²) in [6.07, 6.45) is 3.76. The maximum absolute atomic E-state index is 12.8. The zero-order valence-corrected chi connectivity index (χ0v) is 19.9. The molecule has 180 valence electrons. The molecule has 4 rings (SSSR count). The highest BCUT2D eigenvalue weighted by Gasteiger charge is 2.33. The summed E-state index contributed by atoms with van der Waals surface area (Å²) < 4.78 is 17.7. The van der Waals surface area contributed by atoms with Crippen LogP contribution in [0.25, 0.3) is 16.8 Å². The highest BCUT2D eigenvalue weighted by molar-refractivity contribution is 5.92. The Balaban J connectivity index is 1.47. The van der Waals surface area contributed by atoms with Gasteiger partial charge in [-0.2, -0.15) is 0 Å². The van der Waals surface area contributed by atoms with Gasteiger partial charge in [-0.05, 0) is 39.3 Å². The topological polar surface area (TPSA) is 120 Å². The summed E-state index contributed by atoms with van der Waals surface area (Å²) in [5.41, 5.74) is 1.61. The maximum Gasteiger partial charge on any atom is 0.410 e. The van der Waals surface area contributed by atoms with Crippen molar-refractivity contribution < 1.29 is 23.8 Å². The highest BCUT2D eigenvalue weighted by Crippen LogP contribution is 2.30. The lowest BCUT2D eigenvalue weighted by atomic mass is 10.1. The van der Waals surface area contributed by atoms with E-state index in [9.17, 15) is 9.59 Å². The standard InChI is InChI=1S/C23H28N6O5/c1-23(2,3)34-22(31)28-9-8-15(12-28)20(30)25-17-13-29-11-14(6-7-18(29)24-17)16-10-19(32-4)26-27-21(16)33-5/h6-7,10-11,13,15H,8-9,12H2,1-5H3,(H,25,30)/t15-/m0/s1. The number of methoxy groups -OCH3 is 2. The van der Waals surface area contributed by atoms with Crippen LogP contribution in [0.15, 0.2) is 30.6 Å². The van der Waals surface area contributed by atoms with Crippen LogP contribution in [-0.2, 0) is 9.53 Å². The molecule has 34 heavy (non-hydrogen) atoms. The average Bonchev–Trinajstić information content (AvgIpc) is 3.44. The minimum Gasteiger partial charge on any atom is -0.480 e. The first-order valence-electron chi connectivity index (χ1n) is 10.9. The summed E-state index contributed by atoms with van der Waals surface area (Å²) in [7, 11) is 3.04. The van der Waals surface area contributed by atoms with Crippen molar-refractivity contribution in [2.24, 2.45) is 5.92 Å². The molecule has 3 aromatic heterocycles. The molecule has 1 fully saturated rings. The number of carbonyl (C=O) groups is 2. The number of anilines is 1. The van der Waals surface area contributed by atoms with Crippen molar-refractivity contribution in [2.75, 3.05) is 32.6 Å². The number of nitrogens with zero attached hydrogens (tertiary/aromatic N) is 5. The van der Waals surface area contributed by atoms with Crippen LogP contribution in [-0.4, -0.2) is 69.4 Å². The Kier molecular flexibility index (Phi) is 6.27. The van der Waals surface area contributed by atoms with Crippen molar-refractivity contribution in [3.05, 3.63) is 30.6 Å². The van der Waals surface area contributed by atoms with Crippen LogP contribution in [0.5, 0.6) is 11.8 Å². The Bertz CT molecular complexity index is 1220. The fourth-order valence-electron chi connectivity index (χ4n) is 3.73. The fraction of sp³-hybridized carbons (Fsp3) is 0.435. The molecule has 0 spiro atoms. The summed E-state index contributed by atoms with van der Waals surface area (Å²) in [5.74, 6) is 0.651. The predicted octanol–water partition coefficient (Wildman–Crippen LogP) is 3.00. The minimum atomic E-state index is -0.575. The minimum absolute atomic E-state index is 0.181. The molecule has 1 atom stereocenters. The van der Waals surface area contributed by atoms with Crippen molar-refractivity contribution in [1.29, 1.82) is 0 Å². The van der Waals surface area contributed by atoms with Gasteiger partial charge >= 0.3 is 6.09 Å². The Morgan fingerprint density at radius 2 is 1.91 bits per heavy atom. The molecule has 0 aliphatic carbocycles. The first-order valence-corrected chi connectivity index (χ1v) is 10.9. The third kappa shape index (κ3) is 5.03. The van der Waals surface area contributed by atoms with Gasteiger partial charge < -0.3 is 28.8 Å². The molecule has 0 aromatic carbocycles. The maximum atomic E-state index is 12.8. The van der Waals surface area contributed by atoms with Gasteiger partial charge in [0, 0.05) is 30.9 Å². The number of ether oxygens (including phenoxy) is 3. The van der Waals surface area contributed by atoms with Crippen LogP contribution in [0, 0.1) is 5.92 Å². The van der Waals surface area contributed by atoms with Gasteiger partial charge in [-0.25, -0.2) is 9.78 Å². The van der Waals surface area contributed by atoms with Crippen molar-refractivity contribution in [2.45, 2.75) is 32.8 Å². The Labute approximate surface area is 197 Å². The number of nitrogens with one attached hydrogen (secondary N) is 1. The second kappa shape index (κ2) is 9.16. The number of likely N-dealkylation sites (tertiary alicyclic amines) is 1. The lowest BCUT2D eigenvalue weighted by Gasteiger charge is -2.24. The van der Waals surface area contributed by atoms with E-state index >= 15 is 0 Å². The van der Waals surface area contributed by atoms with Gasteiger partial charge in [-0.1, -0.05) is 0 Å².